The Hall–Kier alpha value is -0.670. The van der Waals surface area contributed by atoms with Crippen LogP contribution in [-0.4, -0.2) is 28.2 Å². The zero-order valence-electron chi connectivity index (χ0n) is 15.3. The quantitative estimate of drug-likeness (QED) is 0.723. The van der Waals surface area contributed by atoms with Crippen molar-refractivity contribution in [2.24, 2.45) is 34.5 Å². The summed E-state index contributed by atoms with van der Waals surface area (Å²) in [5, 5.41) is 20.9. The van der Waals surface area contributed by atoms with Crippen molar-refractivity contribution in [3.05, 3.63) is 11.6 Å². The van der Waals surface area contributed by atoms with Crippen LogP contribution >= 0.6 is 0 Å². The summed E-state index contributed by atoms with van der Waals surface area (Å²) in [6, 6.07) is 0. The normalized spacial score (nSPS) is 53.6. The maximum absolute atomic E-state index is 12.2. The number of carbonyl (C=O) groups is 1. The summed E-state index contributed by atoms with van der Waals surface area (Å²) in [5.74, 6) is 1.64. The smallest absolute Gasteiger partial charge is 0.133 e. The summed E-state index contributed by atoms with van der Waals surface area (Å²) in [6.45, 7) is 6.37. The van der Waals surface area contributed by atoms with Gasteiger partial charge < -0.3 is 10.2 Å². The van der Waals surface area contributed by atoms with Gasteiger partial charge in [-0.25, -0.2) is 0 Å². The van der Waals surface area contributed by atoms with E-state index in [1.54, 1.807) is 6.92 Å². The van der Waals surface area contributed by atoms with Gasteiger partial charge in [0.1, 0.15) is 5.78 Å². The Bertz CT molecular complexity index is 582. The Labute approximate surface area is 145 Å². The van der Waals surface area contributed by atoms with Gasteiger partial charge in [0.25, 0.3) is 0 Å². The van der Waals surface area contributed by atoms with Crippen LogP contribution in [0.25, 0.3) is 0 Å². The van der Waals surface area contributed by atoms with E-state index in [-0.39, 0.29) is 40.7 Å². The first-order valence-electron chi connectivity index (χ1n) is 9.83. The van der Waals surface area contributed by atoms with E-state index in [9.17, 15) is 15.0 Å². The Kier molecular flexibility index (Phi) is 3.78. The number of fused-ring (bicyclic) bond motifs is 5. The van der Waals surface area contributed by atoms with Crippen LogP contribution in [-0.2, 0) is 4.79 Å². The summed E-state index contributed by atoms with van der Waals surface area (Å²) in [6.07, 6.45) is 8.58. The number of carbonyl (C=O) groups excluding carboxylic acids is 1. The number of rotatable bonds is 1. The maximum atomic E-state index is 12.2. The van der Waals surface area contributed by atoms with E-state index in [1.807, 2.05) is 0 Å². The van der Waals surface area contributed by atoms with E-state index < -0.39 is 0 Å². The molecule has 0 spiro atoms. The Balaban J connectivity index is 1.70. The van der Waals surface area contributed by atoms with E-state index in [0.717, 1.165) is 38.5 Å². The minimum absolute atomic E-state index is 0.0255. The van der Waals surface area contributed by atoms with Crippen molar-refractivity contribution in [1.82, 2.24) is 0 Å². The van der Waals surface area contributed by atoms with Crippen LogP contribution < -0.4 is 0 Å². The molecule has 0 aromatic carbocycles. The van der Waals surface area contributed by atoms with Crippen LogP contribution in [0, 0.1) is 34.5 Å². The lowest BCUT2D eigenvalue weighted by Gasteiger charge is -2.58. The maximum Gasteiger partial charge on any atom is 0.133 e. The van der Waals surface area contributed by atoms with Gasteiger partial charge in [-0.3, -0.25) is 4.79 Å². The summed E-state index contributed by atoms with van der Waals surface area (Å²) in [7, 11) is 0. The lowest BCUT2D eigenvalue weighted by Crippen LogP contribution is -2.52. The molecule has 0 amide bonds. The highest BCUT2D eigenvalue weighted by atomic mass is 16.3. The molecule has 3 fully saturated rings. The minimum Gasteiger partial charge on any atom is -0.393 e. The molecule has 0 radical (unpaired) electrons. The molecule has 0 aromatic rings. The zero-order chi connectivity index (χ0) is 17.3. The molecule has 2 N–H and O–H groups in total. The molecular formula is C21H32O3. The van der Waals surface area contributed by atoms with Gasteiger partial charge in [-0.15, -0.1) is 0 Å². The first-order chi connectivity index (χ1) is 11.3. The predicted molar refractivity (Wildman–Crippen MR) is 93.3 cm³/mol. The van der Waals surface area contributed by atoms with E-state index in [0.29, 0.717) is 18.3 Å². The Morgan fingerprint density at radius 1 is 1.21 bits per heavy atom. The van der Waals surface area contributed by atoms with Crippen molar-refractivity contribution in [3.63, 3.8) is 0 Å². The van der Waals surface area contributed by atoms with E-state index in [1.165, 1.54) is 5.57 Å². The van der Waals surface area contributed by atoms with Gasteiger partial charge in [-0.1, -0.05) is 25.5 Å². The number of aliphatic hydroxyl groups excluding tert-OH is 2. The van der Waals surface area contributed by atoms with Crippen LogP contribution in [0.1, 0.15) is 65.7 Å². The molecule has 0 saturated heterocycles. The van der Waals surface area contributed by atoms with Crippen LogP contribution in [0.2, 0.25) is 0 Å². The molecule has 134 valence electrons. The summed E-state index contributed by atoms with van der Waals surface area (Å²) >= 11 is 0. The standard InChI is InChI=1S/C21H32O3/c1-12(22)17-11-18(24)19-15-5-4-13-10-14(23)6-8-20(13,2)16(15)7-9-21(17,19)3/h4,14-19,23-24H,5-11H2,1-3H3/t14-,15+,16-,17+,18-,19?,20-,21+/m0/s1. The molecule has 1 unspecified atom stereocenters. The molecule has 3 nitrogen and oxygen atoms in total. The minimum atomic E-state index is -0.329. The van der Waals surface area contributed by atoms with E-state index >= 15 is 0 Å². The number of aliphatic hydroxyl groups is 2. The highest BCUT2D eigenvalue weighted by molar-refractivity contribution is 5.79. The third-order valence-corrected chi connectivity index (χ3v) is 8.55. The molecule has 24 heavy (non-hydrogen) atoms. The zero-order valence-corrected chi connectivity index (χ0v) is 15.3. The summed E-state index contributed by atoms with van der Waals surface area (Å²) < 4.78 is 0. The van der Waals surface area contributed by atoms with Crippen molar-refractivity contribution in [2.75, 3.05) is 0 Å². The summed E-state index contributed by atoms with van der Waals surface area (Å²) in [5.41, 5.74) is 1.63. The molecular weight excluding hydrogens is 300 g/mol. The van der Waals surface area contributed by atoms with Crippen LogP contribution in [0.4, 0.5) is 0 Å². The second-order valence-electron chi connectivity index (χ2n) is 9.59. The third kappa shape index (κ3) is 2.13. The summed E-state index contributed by atoms with van der Waals surface area (Å²) in [4.78, 5) is 12.2. The lowest BCUT2D eigenvalue weighted by molar-refractivity contribution is -0.128. The van der Waals surface area contributed by atoms with Crippen LogP contribution in [0.3, 0.4) is 0 Å². The molecule has 4 aliphatic carbocycles. The second-order valence-corrected chi connectivity index (χ2v) is 9.59. The van der Waals surface area contributed by atoms with Crippen molar-refractivity contribution in [1.29, 1.82) is 0 Å². The molecule has 4 aliphatic rings. The largest absolute Gasteiger partial charge is 0.393 e. The van der Waals surface area contributed by atoms with Gasteiger partial charge in [0.15, 0.2) is 0 Å². The third-order valence-electron chi connectivity index (χ3n) is 8.55. The molecule has 0 bridgehead atoms. The van der Waals surface area contributed by atoms with Crippen LogP contribution in [0.5, 0.6) is 0 Å². The fraction of sp³-hybridized carbons (Fsp3) is 0.857. The Morgan fingerprint density at radius 3 is 2.67 bits per heavy atom. The van der Waals surface area contributed by atoms with Gasteiger partial charge in [-0.2, -0.15) is 0 Å². The van der Waals surface area contributed by atoms with Crippen molar-refractivity contribution in [3.8, 4) is 0 Å². The van der Waals surface area contributed by atoms with Gasteiger partial charge in [0.05, 0.1) is 12.2 Å². The highest BCUT2D eigenvalue weighted by Gasteiger charge is 2.62. The SMILES string of the molecule is CC(=O)[C@H]1C[C@H](O)C2[C@@H]3CC=C4C[C@@H](O)CC[C@]4(C)[C@H]3CC[C@@]21C. The first kappa shape index (κ1) is 16.8. The van der Waals surface area contributed by atoms with Gasteiger partial charge in [0.2, 0.25) is 0 Å². The average molecular weight is 332 g/mol. The van der Waals surface area contributed by atoms with E-state index in [2.05, 4.69) is 19.9 Å². The van der Waals surface area contributed by atoms with Gasteiger partial charge >= 0.3 is 0 Å². The molecule has 3 heteroatoms. The van der Waals surface area contributed by atoms with Crippen LogP contribution in [0.15, 0.2) is 11.6 Å². The number of allylic oxidation sites excluding steroid dienone is 1. The number of Topliss-reactive ketones (excluding diaryl/α,β-unsaturated/α-hetero) is 1. The van der Waals surface area contributed by atoms with Crippen molar-refractivity contribution in [2.45, 2.75) is 77.9 Å². The molecule has 3 saturated carbocycles. The second kappa shape index (κ2) is 5.41. The highest BCUT2D eigenvalue weighted by Crippen LogP contribution is 2.66. The molecule has 0 heterocycles. The Morgan fingerprint density at radius 2 is 1.96 bits per heavy atom. The van der Waals surface area contributed by atoms with E-state index in [4.69, 9.17) is 0 Å². The fourth-order valence-corrected chi connectivity index (χ4v) is 7.34. The van der Waals surface area contributed by atoms with Crippen molar-refractivity contribution < 1.29 is 15.0 Å². The molecule has 0 aliphatic heterocycles. The fourth-order valence-electron chi connectivity index (χ4n) is 7.34. The first-order valence-corrected chi connectivity index (χ1v) is 9.83. The van der Waals surface area contributed by atoms with Gasteiger partial charge in [-0.05, 0) is 80.5 Å². The number of hydrogen-bond acceptors (Lipinski definition) is 3. The number of ketones is 1. The monoisotopic (exact) mass is 332 g/mol. The van der Waals surface area contributed by atoms with Crippen molar-refractivity contribution >= 4 is 5.78 Å². The average Bonchev–Trinajstić information content (AvgIpc) is 2.80. The molecule has 0 aromatic heterocycles. The molecule has 4 rings (SSSR count). The predicted octanol–water partition coefficient (Wildman–Crippen LogP) is 3.49. The lowest BCUT2D eigenvalue weighted by atomic mass is 9.47. The topological polar surface area (TPSA) is 57.5 Å². The van der Waals surface area contributed by atoms with Gasteiger partial charge in [0, 0.05) is 5.92 Å². The molecule has 8 atom stereocenters. The number of hydrogen-bond donors (Lipinski definition) is 2.